The molecule has 0 spiro atoms. The minimum Gasteiger partial charge on any atom is -0.384 e. The second-order valence-electron chi connectivity index (χ2n) is 4.33. The fraction of sp³-hybridized carbons (Fsp3) is 0.200. The van der Waals surface area contributed by atoms with Crippen LogP contribution in [0.25, 0.3) is 0 Å². The Morgan fingerprint density at radius 3 is 2.90 bits per heavy atom. The Hall–Kier alpha value is -2.58. The summed E-state index contributed by atoms with van der Waals surface area (Å²) in [5.74, 6) is 5.21. The topological polar surface area (TPSA) is 67.2 Å². The third-order valence-corrected chi connectivity index (χ3v) is 2.84. The lowest BCUT2D eigenvalue weighted by molar-refractivity contribution is 0.101. The molecule has 0 radical (unpaired) electrons. The molecule has 0 aliphatic heterocycles. The highest BCUT2D eigenvalue weighted by Crippen LogP contribution is 2.17. The van der Waals surface area contributed by atoms with E-state index in [4.69, 9.17) is 5.11 Å². The van der Waals surface area contributed by atoms with Gasteiger partial charge in [-0.1, -0.05) is 11.8 Å². The van der Waals surface area contributed by atoms with Crippen LogP contribution in [-0.4, -0.2) is 27.2 Å². The molecule has 5 nitrogen and oxygen atoms in total. The molecule has 20 heavy (non-hydrogen) atoms. The van der Waals surface area contributed by atoms with Crippen LogP contribution < -0.4 is 5.32 Å². The zero-order chi connectivity index (χ0) is 14.5. The number of aryl methyl sites for hydroxylation is 2. The van der Waals surface area contributed by atoms with Gasteiger partial charge in [0, 0.05) is 18.3 Å². The van der Waals surface area contributed by atoms with Gasteiger partial charge in [-0.2, -0.15) is 0 Å². The Morgan fingerprint density at radius 2 is 2.30 bits per heavy atom. The third-order valence-electron chi connectivity index (χ3n) is 2.84. The monoisotopic (exact) mass is 269 g/mol. The van der Waals surface area contributed by atoms with Crippen LogP contribution in [0.3, 0.4) is 0 Å². The molecule has 5 heteroatoms. The third kappa shape index (κ3) is 3.05. The van der Waals surface area contributed by atoms with Gasteiger partial charge in [-0.3, -0.25) is 4.79 Å². The summed E-state index contributed by atoms with van der Waals surface area (Å²) < 4.78 is 1.66. The number of carbonyl (C=O) groups excluding carboxylic acids is 1. The van der Waals surface area contributed by atoms with Gasteiger partial charge in [-0.05, 0) is 30.7 Å². The van der Waals surface area contributed by atoms with E-state index in [0.717, 1.165) is 16.8 Å². The fourth-order valence-electron chi connectivity index (χ4n) is 1.79. The number of benzene rings is 1. The summed E-state index contributed by atoms with van der Waals surface area (Å²) in [6, 6.07) is 5.46. The molecule has 1 aromatic heterocycles. The van der Waals surface area contributed by atoms with Gasteiger partial charge < -0.3 is 15.0 Å². The van der Waals surface area contributed by atoms with Gasteiger partial charge in [-0.15, -0.1) is 0 Å². The molecule has 1 aromatic carbocycles. The first-order chi connectivity index (χ1) is 9.61. The molecule has 0 aliphatic carbocycles. The van der Waals surface area contributed by atoms with E-state index in [2.05, 4.69) is 22.1 Å². The van der Waals surface area contributed by atoms with Crippen molar-refractivity contribution in [1.82, 2.24) is 9.55 Å². The van der Waals surface area contributed by atoms with E-state index in [1.54, 1.807) is 30.1 Å². The van der Waals surface area contributed by atoms with Crippen molar-refractivity contribution in [3.05, 3.63) is 47.5 Å². The molecule has 102 valence electrons. The highest BCUT2D eigenvalue weighted by Gasteiger charge is 2.11. The van der Waals surface area contributed by atoms with E-state index in [1.165, 1.54) is 6.20 Å². The molecular weight excluding hydrogens is 254 g/mol. The van der Waals surface area contributed by atoms with Gasteiger partial charge in [0.2, 0.25) is 0 Å². The van der Waals surface area contributed by atoms with Crippen LogP contribution in [0, 0.1) is 18.8 Å². The lowest BCUT2D eigenvalue weighted by Crippen LogP contribution is -2.16. The highest BCUT2D eigenvalue weighted by molar-refractivity contribution is 6.03. The predicted octanol–water partition coefficient (Wildman–Crippen LogP) is 1.32. The van der Waals surface area contributed by atoms with Crippen molar-refractivity contribution < 1.29 is 9.90 Å². The van der Waals surface area contributed by atoms with Gasteiger partial charge in [0.25, 0.3) is 5.91 Å². The molecule has 2 rings (SSSR count). The Bertz CT molecular complexity index is 693. The van der Waals surface area contributed by atoms with Crippen LogP contribution in [0.4, 0.5) is 5.69 Å². The number of imidazole rings is 1. The van der Waals surface area contributed by atoms with Gasteiger partial charge in [0.05, 0.1) is 12.5 Å². The maximum Gasteiger partial charge on any atom is 0.273 e. The van der Waals surface area contributed by atoms with Crippen molar-refractivity contribution in [2.75, 3.05) is 11.9 Å². The lowest BCUT2D eigenvalue weighted by Gasteiger charge is -2.08. The number of hydrogen-bond donors (Lipinski definition) is 2. The standard InChI is InChI=1S/C15H15N3O2/c1-11-8-12(4-3-7-19)5-6-13(11)17-15(20)14-9-16-10-18(14)2/h5-6,8-10,19H,7H2,1-2H3,(H,17,20). The van der Waals surface area contributed by atoms with Crippen LogP contribution in [0.5, 0.6) is 0 Å². The summed E-state index contributed by atoms with van der Waals surface area (Å²) in [5, 5.41) is 11.5. The van der Waals surface area contributed by atoms with Crippen LogP contribution in [-0.2, 0) is 7.05 Å². The van der Waals surface area contributed by atoms with Crippen LogP contribution in [0.15, 0.2) is 30.7 Å². The average Bonchev–Trinajstić information content (AvgIpc) is 2.85. The van der Waals surface area contributed by atoms with Gasteiger partial charge in [0.1, 0.15) is 12.3 Å². The molecule has 1 heterocycles. The SMILES string of the molecule is Cc1cc(C#CCO)ccc1NC(=O)c1cncn1C. The molecule has 0 saturated heterocycles. The van der Waals surface area contributed by atoms with Gasteiger partial charge in [0.15, 0.2) is 0 Å². The number of amides is 1. The maximum atomic E-state index is 12.1. The molecule has 2 aromatic rings. The Kier molecular flexibility index (Phi) is 4.18. The second-order valence-corrected chi connectivity index (χ2v) is 4.33. The van der Waals surface area contributed by atoms with Crippen molar-refractivity contribution in [3.8, 4) is 11.8 Å². The van der Waals surface area contributed by atoms with Gasteiger partial charge in [-0.25, -0.2) is 4.98 Å². The van der Waals surface area contributed by atoms with Crippen LogP contribution >= 0.6 is 0 Å². The van der Waals surface area contributed by atoms with E-state index >= 15 is 0 Å². The highest BCUT2D eigenvalue weighted by atomic mass is 16.2. The summed E-state index contributed by atoms with van der Waals surface area (Å²) >= 11 is 0. The van der Waals surface area contributed by atoms with Crippen molar-refractivity contribution >= 4 is 11.6 Å². The molecule has 0 bridgehead atoms. The van der Waals surface area contributed by atoms with Crippen molar-refractivity contribution in [3.63, 3.8) is 0 Å². The van der Waals surface area contributed by atoms with Gasteiger partial charge >= 0.3 is 0 Å². The summed E-state index contributed by atoms with van der Waals surface area (Å²) in [5.41, 5.74) is 2.93. The van der Waals surface area contributed by atoms with Crippen LogP contribution in [0.2, 0.25) is 0 Å². The summed E-state index contributed by atoms with van der Waals surface area (Å²) in [4.78, 5) is 16.0. The summed E-state index contributed by atoms with van der Waals surface area (Å²) in [7, 11) is 1.77. The Morgan fingerprint density at radius 1 is 1.50 bits per heavy atom. The number of aliphatic hydroxyl groups is 1. The molecule has 0 fully saturated rings. The Balaban J connectivity index is 2.18. The summed E-state index contributed by atoms with van der Waals surface area (Å²) in [6.07, 6.45) is 3.10. The first-order valence-corrected chi connectivity index (χ1v) is 6.10. The molecule has 0 aliphatic rings. The number of aromatic nitrogens is 2. The van der Waals surface area contributed by atoms with Crippen LogP contribution in [0.1, 0.15) is 21.6 Å². The molecular formula is C15H15N3O2. The van der Waals surface area contributed by atoms with Crippen molar-refractivity contribution in [2.45, 2.75) is 6.92 Å². The van der Waals surface area contributed by atoms with E-state index in [1.807, 2.05) is 13.0 Å². The number of nitrogens with zero attached hydrogens (tertiary/aromatic N) is 2. The average molecular weight is 269 g/mol. The predicted molar refractivity (Wildman–Crippen MR) is 76.3 cm³/mol. The van der Waals surface area contributed by atoms with Crippen molar-refractivity contribution in [1.29, 1.82) is 0 Å². The number of nitrogens with one attached hydrogen (secondary N) is 1. The molecule has 1 amide bonds. The van der Waals surface area contributed by atoms with E-state index in [-0.39, 0.29) is 12.5 Å². The number of anilines is 1. The minimum atomic E-state index is -0.206. The molecule has 0 atom stereocenters. The number of aliphatic hydroxyl groups excluding tert-OH is 1. The smallest absolute Gasteiger partial charge is 0.273 e. The largest absolute Gasteiger partial charge is 0.384 e. The summed E-state index contributed by atoms with van der Waals surface area (Å²) in [6.45, 7) is 1.72. The fourth-order valence-corrected chi connectivity index (χ4v) is 1.79. The molecule has 0 saturated carbocycles. The number of rotatable bonds is 2. The van der Waals surface area contributed by atoms with E-state index in [0.29, 0.717) is 5.69 Å². The molecule has 0 unspecified atom stereocenters. The Labute approximate surface area is 117 Å². The normalized spacial score (nSPS) is 9.75. The zero-order valence-electron chi connectivity index (χ0n) is 11.3. The number of carbonyl (C=O) groups is 1. The first kappa shape index (κ1) is 13.8. The first-order valence-electron chi connectivity index (χ1n) is 6.10. The quantitative estimate of drug-likeness (QED) is 0.808. The van der Waals surface area contributed by atoms with E-state index in [9.17, 15) is 4.79 Å². The maximum absolute atomic E-state index is 12.1. The molecule has 2 N–H and O–H groups in total. The van der Waals surface area contributed by atoms with Crippen molar-refractivity contribution in [2.24, 2.45) is 7.05 Å². The van der Waals surface area contributed by atoms with E-state index < -0.39 is 0 Å². The zero-order valence-corrected chi connectivity index (χ0v) is 11.3. The number of hydrogen-bond acceptors (Lipinski definition) is 3. The minimum absolute atomic E-state index is 0.169. The second kappa shape index (κ2) is 6.04. The lowest BCUT2D eigenvalue weighted by atomic mass is 10.1.